The average Bonchev–Trinajstić information content (AvgIpc) is 3.36. The standard InChI is InChI=1S/C18H20N4O2S.2ClH/c1-24-14-4-2-3-13(9-14)17-21-10-15(25-17)16-20-7-8-22(16)12-18(23)5-6-19-11-18;;/h2-4,7-10,19,23H,5-6,11-12H2,1H3;2*1H. The Hall–Kier alpha value is -1.64. The molecule has 1 aliphatic rings. The Labute approximate surface area is 174 Å². The number of imidazole rings is 1. The zero-order chi connectivity index (χ0) is 17.3. The largest absolute Gasteiger partial charge is 0.497 e. The van der Waals surface area contributed by atoms with E-state index in [1.165, 1.54) is 0 Å². The second-order valence-corrected chi connectivity index (χ2v) is 7.32. The number of aromatic nitrogens is 3. The minimum absolute atomic E-state index is 0. The molecule has 1 aliphatic heterocycles. The average molecular weight is 429 g/mol. The predicted octanol–water partition coefficient (Wildman–Crippen LogP) is 3.25. The van der Waals surface area contributed by atoms with Gasteiger partial charge in [0.1, 0.15) is 10.8 Å². The molecule has 0 radical (unpaired) electrons. The van der Waals surface area contributed by atoms with Gasteiger partial charge >= 0.3 is 0 Å². The third-order valence-electron chi connectivity index (χ3n) is 4.44. The Morgan fingerprint density at radius 2 is 2.19 bits per heavy atom. The molecular weight excluding hydrogens is 407 g/mol. The van der Waals surface area contributed by atoms with E-state index in [9.17, 15) is 5.11 Å². The van der Waals surface area contributed by atoms with Gasteiger partial charge in [-0.15, -0.1) is 36.2 Å². The van der Waals surface area contributed by atoms with Crippen LogP contribution in [0.4, 0.5) is 0 Å². The van der Waals surface area contributed by atoms with Crippen molar-refractivity contribution in [3.63, 3.8) is 0 Å². The van der Waals surface area contributed by atoms with Crippen LogP contribution in [0.25, 0.3) is 21.3 Å². The second-order valence-electron chi connectivity index (χ2n) is 6.29. The number of nitrogens with zero attached hydrogens (tertiary/aromatic N) is 3. The number of ether oxygens (including phenoxy) is 1. The number of aliphatic hydroxyl groups is 1. The van der Waals surface area contributed by atoms with Crippen molar-refractivity contribution in [1.82, 2.24) is 19.9 Å². The fourth-order valence-corrected chi connectivity index (χ4v) is 4.04. The number of nitrogens with one attached hydrogen (secondary N) is 1. The first-order valence-electron chi connectivity index (χ1n) is 8.22. The van der Waals surface area contributed by atoms with E-state index in [1.807, 2.05) is 41.2 Å². The number of hydrogen-bond acceptors (Lipinski definition) is 6. The van der Waals surface area contributed by atoms with Crippen molar-refractivity contribution in [2.45, 2.75) is 18.6 Å². The Bertz CT molecular complexity index is 878. The molecule has 1 aromatic carbocycles. The van der Waals surface area contributed by atoms with Gasteiger partial charge in [0.25, 0.3) is 0 Å². The summed E-state index contributed by atoms with van der Waals surface area (Å²) >= 11 is 1.59. The Morgan fingerprint density at radius 3 is 2.93 bits per heavy atom. The van der Waals surface area contributed by atoms with Gasteiger partial charge in [-0.3, -0.25) is 0 Å². The molecule has 4 rings (SSSR count). The van der Waals surface area contributed by atoms with E-state index in [2.05, 4.69) is 15.3 Å². The maximum absolute atomic E-state index is 10.6. The molecular formula is C18H22Cl2N4O2S. The third kappa shape index (κ3) is 4.62. The zero-order valence-electron chi connectivity index (χ0n) is 14.8. The molecule has 0 saturated carbocycles. The van der Waals surface area contributed by atoms with E-state index in [4.69, 9.17) is 4.74 Å². The SMILES string of the molecule is COc1cccc(-c2ncc(-c3nccn3CC3(O)CCNC3)s2)c1.Cl.Cl. The summed E-state index contributed by atoms with van der Waals surface area (Å²) in [5.74, 6) is 1.65. The zero-order valence-corrected chi connectivity index (χ0v) is 17.2. The minimum atomic E-state index is -0.713. The monoisotopic (exact) mass is 428 g/mol. The van der Waals surface area contributed by atoms with Crippen LogP contribution in [0.3, 0.4) is 0 Å². The summed E-state index contributed by atoms with van der Waals surface area (Å²) < 4.78 is 7.30. The highest BCUT2D eigenvalue weighted by molar-refractivity contribution is 7.18. The Morgan fingerprint density at radius 1 is 1.33 bits per heavy atom. The molecule has 3 aromatic rings. The molecule has 9 heteroatoms. The highest BCUT2D eigenvalue weighted by Gasteiger charge is 2.32. The van der Waals surface area contributed by atoms with Crippen molar-refractivity contribution in [3.05, 3.63) is 42.9 Å². The van der Waals surface area contributed by atoms with Crippen LogP contribution in [-0.2, 0) is 6.54 Å². The van der Waals surface area contributed by atoms with Crippen LogP contribution in [0.15, 0.2) is 42.9 Å². The molecule has 27 heavy (non-hydrogen) atoms. The second kappa shape index (κ2) is 9.03. The van der Waals surface area contributed by atoms with Crippen molar-refractivity contribution in [1.29, 1.82) is 0 Å². The van der Waals surface area contributed by atoms with Crippen LogP contribution in [0.1, 0.15) is 6.42 Å². The van der Waals surface area contributed by atoms with E-state index in [-0.39, 0.29) is 24.8 Å². The van der Waals surface area contributed by atoms with Crippen molar-refractivity contribution < 1.29 is 9.84 Å². The maximum atomic E-state index is 10.6. The number of halogens is 2. The van der Waals surface area contributed by atoms with Gasteiger partial charge in [-0.1, -0.05) is 12.1 Å². The van der Waals surface area contributed by atoms with Crippen LogP contribution in [0.2, 0.25) is 0 Å². The third-order valence-corrected chi connectivity index (χ3v) is 5.49. The van der Waals surface area contributed by atoms with Crippen molar-refractivity contribution in [2.24, 2.45) is 0 Å². The van der Waals surface area contributed by atoms with E-state index >= 15 is 0 Å². The molecule has 0 spiro atoms. The normalized spacial score (nSPS) is 18.6. The quantitative estimate of drug-likeness (QED) is 0.652. The van der Waals surface area contributed by atoms with Crippen molar-refractivity contribution in [2.75, 3.05) is 20.2 Å². The molecule has 0 bridgehead atoms. The van der Waals surface area contributed by atoms with Crippen LogP contribution < -0.4 is 10.1 Å². The summed E-state index contributed by atoms with van der Waals surface area (Å²) in [5.41, 5.74) is 0.308. The van der Waals surface area contributed by atoms with Crippen LogP contribution in [0, 0.1) is 0 Å². The molecule has 2 aromatic heterocycles. The lowest BCUT2D eigenvalue weighted by Gasteiger charge is -2.22. The van der Waals surface area contributed by atoms with Gasteiger partial charge in [-0.25, -0.2) is 9.97 Å². The van der Waals surface area contributed by atoms with Gasteiger partial charge in [-0.2, -0.15) is 0 Å². The first kappa shape index (κ1) is 21.7. The van der Waals surface area contributed by atoms with E-state index in [0.29, 0.717) is 13.1 Å². The summed E-state index contributed by atoms with van der Waals surface area (Å²) in [5, 5.41) is 14.8. The Balaban J connectivity index is 0.00000131. The Kier molecular flexibility index (Phi) is 7.25. The van der Waals surface area contributed by atoms with Gasteiger partial charge in [-0.05, 0) is 25.1 Å². The number of rotatable bonds is 5. The summed E-state index contributed by atoms with van der Waals surface area (Å²) in [4.78, 5) is 10.0. The molecule has 1 fully saturated rings. The van der Waals surface area contributed by atoms with Crippen LogP contribution in [0.5, 0.6) is 5.75 Å². The summed E-state index contributed by atoms with van der Waals surface area (Å²) in [6.07, 6.45) is 6.28. The van der Waals surface area contributed by atoms with Crippen LogP contribution >= 0.6 is 36.2 Å². The number of β-amino-alcohol motifs (C(OH)–C–C–N with tert-alkyl or cyclic N) is 1. The van der Waals surface area contributed by atoms with Gasteiger partial charge < -0.3 is 19.7 Å². The number of hydrogen-bond donors (Lipinski definition) is 2. The molecule has 1 atom stereocenters. The lowest BCUT2D eigenvalue weighted by Crippen LogP contribution is -2.36. The maximum Gasteiger partial charge on any atom is 0.151 e. The lowest BCUT2D eigenvalue weighted by atomic mass is 10.0. The van der Waals surface area contributed by atoms with Gasteiger partial charge in [0.05, 0.1) is 24.1 Å². The van der Waals surface area contributed by atoms with Gasteiger partial charge in [0.15, 0.2) is 5.82 Å². The number of benzene rings is 1. The number of methoxy groups -OCH3 is 1. The molecule has 0 aliphatic carbocycles. The van der Waals surface area contributed by atoms with E-state index in [0.717, 1.165) is 40.0 Å². The van der Waals surface area contributed by atoms with Crippen molar-refractivity contribution in [3.8, 4) is 27.0 Å². The summed E-state index contributed by atoms with van der Waals surface area (Å²) in [7, 11) is 1.66. The topological polar surface area (TPSA) is 72.2 Å². The highest BCUT2D eigenvalue weighted by Crippen LogP contribution is 2.33. The molecule has 1 unspecified atom stereocenters. The highest BCUT2D eigenvalue weighted by atomic mass is 35.5. The first-order chi connectivity index (χ1) is 12.2. The molecule has 3 heterocycles. The molecule has 146 valence electrons. The fourth-order valence-electron chi connectivity index (χ4n) is 3.11. The van der Waals surface area contributed by atoms with Gasteiger partial charge in [0, 0.05) is 30.7 Å². The van der Waals surface area contributed by atoms with E-state index < -0.39 is 5.60 Å². The van der Waals surface area contributed by atoms with Crippen molar-refractivity contribution >= 4 is 36.2 Å². The molecule has 0 amide bonds. The first-order valence-corrected chi connectivity index (χ1v) is 9.03. The van der Waals surface area contributed by atoms with Crippen LogP contribution in [-0.4, -0.2) is 45.4 Å². The molecule has 2 N–H and O–H groups in total. The molecule has 6 nitrogen and oxygen atoms in total. The minimum Gasteiger partial charge on any atom is -0.497 e. The number of thiazole rings is 1. The summed E-state index contributed by atoms with van der Waals surface area (Å²) in [6, 6.07) is 7.87. The fraction of sp³-hybridized carbons (Fsp3) is 0.333. The smallest absolute Gasteiger partial charge is 0.151 e. The lowest BCUT2D eigenvalue weighted by molar-refractivity contribution is 0.0436. The molecule has 1 saturated heterocycles. The van der Waals surface area contributed by atoms with E-state index in [1.54, 1.807) is 24.6 Å². The van der Waals surface area contributed by atoms with Gasteiger partial charge in [0.2, 0.25) is 0 Å². The predicted molar refractivity (Wildman–Crippen MR) is 112 cm³/mol. The summed E-state index contributed by atoms with van der Waals surface area (Å²) in [6.45, 7) is 1.99.